The van der Waals surface area contributed by atoms with Crippen molar-refractivity contribution in [1.29, 1.82) is 0 Å². The number of anilines is 1. The molecule has 0 N–H and O–H groups in total. The van der Waals surface area contributed by atoms with Gasteiger partial charge in [0.25, 0.3) is 0 Å². The van der Waals surface area contributed by atoms with E-state index in [9.17, 15) is 0 Å². The molecule has 3 aliphatic heterocycles. The van der Waals surface area contributed by atoms with Crippen molar-refractivity contribution in [3.05, 3.63) is 90.0 Å². The van der Waals surface area contributed by atoms with Crippen LogP contribution >= 0.6 is 23.5 Å². The second-order valence-corrected chi connectivity index (χ2v) is 13.3. The monoisotopic (exact) mass is 486 g/mol. The first kappa shape index (κ1) is 22.1. The van der Waals surface area contributed by atoms with Gasteiger partial charge in [-0.05, 0) is 75.1 Å². The molecular weight excluding hydrogens is 456 g/mol. The first-order valence-electron chi connectivity index (χ1n) is 11.9. The highest BCUT2D eigenvalue weighted by Crippen LogP contribution is 2.73. The first-order chi connectivity index (χ1) is 16.4. The summed E-state index contributed by atoms with van der Waals surface area (Å²) >= 11 is 3.98. The van der Waals surface area contributed by atoms with Crippen LogP contribution in [0, 0.1) is 5.92 Å². The third-order valence-corrected chi connectivity index (χ3v) is 10.00. The van der Waals surface area contributed by atoms with Crippen molar-refractivity contribution in [2.75, 3.05) is 12.0 Å². The van der Waals surface area contributed by atoms with E-state index in [1.54, 1.807) is 7.11 Å². The van der Waals surface area contributed by atoms with E-state index in [0.29, 0.717) is 5.92 Å². The fourth-order valence-corrected chi connectivity index (χ4v) is 9.62. The summed E-state index contributed by atoms with van der Waals surface area (Å²) in [5.41, 5.74) is 3.70. The van der Waals surface area contributed by atoms with Crippen LogP contribution in [-0.4, -0.2) is 21.9 Å². The number of rotatable bonds is 4. The summed E-state index contributed by atoms with van der Waals surface area (Å²) in [5, 5.41) is 1.25. The molecule has 0 aliphatic carbocycles. The maximum absolute atomic E-state index is 5.51. The Bertz CT molecular complexity index is 1250. The van der Waals surface area contributed by atoms with Gasteiger partial charge in [0.15, 0.2) is 0 Å². The summed E-state index contributed by atoms with van der Waals surface area (Å²) in [6, 6.07) is 28.6. The molecule has 3 aromatic carbocycles. The molecule has 0 spiro atoms. The van der Waals surface area contributed by atoms with Gasteiger partial charge in [0, 0.05) is 16.5 Å². The third-order valence-electron chi connectivity index (χ3n) is 7.06. The third kappa shape index (κ3) is 3.24. The highest BCUT2D eigenvalue weighted by Gasteiger charge is 2.72. The van der Waals surface area contributed by atoms with E-state index in [-0.39, 0.29) is 15.3 Å². The van der Waals surface area contributed by atoms with Crippen molar-refractivity contribution in [3.63, 3.8) is 0 Å². The summed E-state index contributed by atoms with van der Waals surface area (Å²) in [7, 11) is 1.73. The van der Waals surface area contributed by atoms with Crippen LogP contribution in [0.15, 0.2) is 88.8 Å². The molecule has 0 unspecified atom stereocenters. The summed E-state index contributed by atoms with van der Waals surface area (Å²) in [4.78, 5) is 9.46. The summed E-state index contributed by atoms with van der Waals surface area (Å²) in [5.74, 6) is 1.35. The van der Waals surface area contributed by atoms with Gasteiger partial charge in [-0.1, -0.05) is 72.1 Å². The van der Waals surface area contributed by atoms with E-state index in [0.717, 1.165) is 18.6 Å². The van der Waals surface area contributed by atoms with E-state index in [1.807, 2.05) is 23.5 Å². The molecule has 4 bridgehead atoms. The average molecular weight is 487 g/mol. The molecule has 3 atom stereocenters. The number of aliphatic imine (C=N–C) groups is 1. The van der Waals surface area contributed by atoms with Gasteiger partial charge in [0.05, 0.1) is 12.6 Å². The van der Waals surface area contributed by atoms with Gasteiger partial charge in [-0.25, -0.2) is 0 Å². The quantitative estimate of drug-likeness (QED) is 0.384. The fraction of sp³-hybridized carbons (Fsp3) is 0.345. The van der Waals surface area contributed by atoms with Crippen LogP contribution in [0.1, 0.15) is 38.3 Å². The topological polar surface area (TPSA) is 24.8 Å². The van der Waals surface area contributed by atoms with Gasteiger partial charge in [0.2, 0.25) is 0 Å². The zero-order valence-electron chi connectivity index (χ0n) is 20.1. The number of thioether (sulfide) groups is 2. The normalized spacial score (nSPS) is 28.3. The molecule has 3 nitrogen and oxygen atoms in total. The number of hydrogen-bond acceptors (Lipinski definition) is 5. The van der Waals surface area contributed by atoms with E-state index >= 15 is 0 Å². The molecule has 0 radical (unpaired) electrons. The molecule has 174 valence electrons. The molecule has 34 heavy (non-hydrogen) atoms. The van der Waals surface area contributed by atoms with Crippen LogP contribution in [0.5, 0.6) is 5.75 Å². The Morgan fingerprint density at radius 2 is 1.68 bits per heavy atom. The lowest BCUT2D eigenvalue weighted by molar-refractivity contribution is 0.393. The number of methoxy groups -OCH3 is 1. The van der Waals surface area contributed by atoms with Crippen LogP contribution in [-0.2, 0) is 12.0 Å². The standard InChI is InChI=1S/C29H30N2OS2/c1-27(2,3)30-26-29(21-14-16-23(32-4)17-15-21)22-18-20-10-8-9-13-25(20)31(29)28(19-22,34-26)33-24-11-6-5-7-12-24/h5-17,22H,18-19H2,1-4H3/t22-,28+,29-/m0/s1. The maximum Gasteiger partial charge on any atom is 0.145 e. The van der Waals surface area contributed by atoms with E-state index in [1.165, 1.54) is 26.8 Å². The zero-order chi connectivity index (χ0) is 23.6. The Morgan fingerprint density at radius 3 is 2.38 bits per heavy atom. The highest BCUT2D eigenvalue weighted by atomic mass is 32.2. The zero-order valence-corrected chi connectivity index (χ0v) is 21.7. The number of benzene rings is 3. The molecule has 3 heterocycles. The summed E-state index contributed by atoms with van der Waals surface area (Å²) in [6.07, 6.45) is 2.18. The van der Waals surface area contributed by atoms with Gasteiger partial charge in [-0.2, -0.15) is 0 Å². The SMILES string of the molecule is COc1ccc([C@@]23C(=NC(C)(C)C)S[C@]4(Sc5ccccc5)C[C@@H]2Cc2ccccc2N43)cc1. The minimum Gasteiger partial charge on any atom is -0.497 e. The molecule has 0 aromatic heterocycles. The Morgan fingerprint density at radius 1 is 0.971 bits per heavy atom. The van der Waals surface area contributed by atoms with Crippen molar-refractivity contribution in [1.82, 2.24) is 0 Å². The van der Waals surface area contributed by atoms with Gasteiger partial charge < -0.3 is 9.64 Å². The first-order valence-corrected chi connectivity index (χ1v) is 13.6. The lowest BCUT2D eigenvalue weighted by atomic mass is 9.73. The predicted octanol–water partition coefficient (Wildman–Crippen LogP) is 7.36. The Balaban J connectivity index is 1.61. The van der Waals surface area contributed by atoms with Crippen molar-refractivity contribution in [3.8, 4) is 5.75 Å². The largest absolute Gasteiger partial charge is 0.497 e. The van der Waals surface area contributed by atoms with Crippen molar-refractivity contribution >= 4 is 34.3 Å². The van der Waals surface area contributed by atoms with E-state index < -0.39 is 0 Å². The second-order valence-electron chi connectivity index (χ2n) is 10.4. The molecule has 2 fully saturated rings. The second kappa shape index (κ2) is 7.82. The van der Waals surface area contributed by atoms with Crippen LogP contribution in [0.3, 0.4) is 0 Å². The van der Waals surface area contributed by atoms with Crippen molar-refractivity contribution in [2.45, 2.75) is 53.8 Å². The number of ether oxygens (including phenoxy) is 1. The molecule has 3 aliphatic rings. The minimum absolute atomic E-state index is 0.136. The van der Waals surface area contributed by atoms with Gasteiger partial charge in [0.1, 0.15) is 20.5 Å². The van der Waals surface area contributed by atoms with Crippen LogP contribution < -0.4 is 9.64 Å². The van der Waals surface area contributed by atoms with Crippen LogP contribution in [0.4, 0.5) is 5.69 Å². The minimum atomic E-state index is -0.264. The molecule has 6 rings (SSSR count). The lowest BCUT2D eigenvalue weighted by Gasteiger charge is -2.46. The number of fused-ring (bicyclic) bond motifs is 1. The van der Waals surface area contributed by atoms with E-state index in [4.69, 9.17) is 9.73 Å². The van der Waals surface area contributed by atoms with Crippen LogP contribution in [0.2, 0.25) is 0 Å². The van der Waals surface area contributed by atoms with Gasteiger partial charge >= 0.3 is 0 Å². The molecule has 2 saturated heterocycles. The highest BCUT2D eigenvalue weighted by molar-refractivity contribution is 8.26. The fourth-order valence-electron chi connectivity index (χ4n) is 5.88. The van der Waals surface area contributed by atoms with Gasteiger partial charge in [-0.15, -0.1) is 0 Å². The van der Waals surface area contributed by atoms with Gasteiger partial charge in [-0.3, -0.25) is 4.99 Å². The number of hydrogen-bond donors (Lipinski definition) is 0. The Labute approximate surface area is 211 Å². The van der Waals surface area contributed by atoms with Crippen molar-refractivity contribution < 1.29 is 4.74 Å². The molecule has 5 heteroatoms. The Kier molecular flexibility index (Phi) is 5.09. The summed E-state index contributed by atoms with van der Waals surface area (Å²) < 4.78 is 5.38. The average Bonchev–Trinajstić information content (AvgIpc) is 3.18. The van der Waals surface area contributed by atoms with Crippen molar-refractivity contribution in [2.24, 2.45) is 10.9 Å². The predicted molar refractivity (Wildman–Crippen MR) is 145 cm³/mol. The molecule has 0 amide bonds. The summed E-state index contributed by atoms with van der Waals surface area (Å²) in [6.45, 7) is 6.64. The number of nitrogens with zero attached hydrogens (tertiary/aromatic N) is 2. The number of para-hydroxylation sites is 1. The Hall–Kier alpha value is -2.37. The smallest absolute Gasteiger partial charge is 0.145 e. The maximum atomic E-state index is 5.51. The molecule has 3 aromatic rings. The lowest BCUT2D eigenvalue weighted by Crippen LogP contribution is -2.52. The molecule has 0 saturated carbocycles. The van der Waals surface area contributed by atoms with Crippen LogP contribution in [0.25, 0.3) is 0 Å². The molecular formula is C29H30N2OS2. The van der Waals surface area contributed by atoms with E-state index in [2.05, 4.69) is 105 Å².